The Balaban J connectivity index is 1.65. The van der Waals surface area contributed by atoms with Crippen LogP contribution in [0.5, 0.6) is 5.75 Å². The van der Waals surface area contributed by atoms with Gasteiger partial charge in [0.05, 0.1) is 0 Å². The molecule has 0 aromatic heterocycles. The molecule has 3 aromatic rings. The van der Waals surface area contributed by atoms with Gasteiger partial charge in [-0.05, 0) is 53.9 Å². The van der Waals surface area contributed by atoms with E-state index in [1.54, 1.807) is 0 Å². The molecule has 3 heteroatoms. The number of fused-ring (bicyclic) bond motifs is 1. The molecule has 0 atom stereocenters. The molecule has 0 saturated heterocycles. The molecular weight excluding hydrogens is 286 g/mol. The zero-order chi connectivity index (χ0) is 16.2. The molecule has 0 aliphatic heterocycles. The number of carbonyl (C=O) groups is 1. The van der Waals surface area contributed by atoms with Gasteiger partial charge in [-0.2, -0.15) is 0 Å². The predicted molar refractivity (Wildman–Crippen MR) is 94.0 cm³/mol. The summed E-state index contributed by atoms with van der Waals surface area (Å²) in [5.41, 5.74) is 2.91. The van der Waals surface area contributed by atoms with Crippen LogP contribution in [0, 0.1) is 13.8 Å². The van der Waals surface area contributed by atoms with E-state index in [9.17, 15) is 4.79 Å². The fourth-order valence-corrected chi connectivity index (χ4v) is 2.47. The van der Waals surface area contributed by atoms with Crippen LogP contribution >= 0.6 is 0 Å². The minimum Gasteiger partial charge on any atom is -0.483 e. The zero-order valence-corrected chi connectivity index (χ0v) is 13.3. The van der Waals surface area contributed by atoms with Crippen LogP contribution in [0.2, 0.25) is 0 Å². The zero-order valence-electron chi connectivity index (χ0n) is 13.3. The van der Waals surface area contributed by atoms with Crippen molar-refractivity contribution in [1.29, 1.82) is 0 Å². The predicted octanol–water partition coefficient (Wildman–Crippen LogP) is 4.47. The number of benzene rings is 3. The molecule has 0 unspecified atom stereocenters. The van der Waals surface area contributed by atoms with Crippen LogP contribution in [0.15, 0.2) is 60.7 Å². The average molecular weight is 305 g/mol. The summed E-state index contributed by atoms with van der Waals surface area (Å²) in [6.07, 6.45) is 0. The van der Waals surface area contributed by atoms with Crippen molar-refractivity contribution in [2.75, 3.05) is 11.9 Å². The number of rotatable bonds is 4. The van der Waals surface area contributed by atoms with Crippen molar-refractivity contribution >= 4 is 22.4 Å². The number of hydrogen-bond acceptors (Lipinski definition) is 2. The highest BCUT2D eigenvalue weighted by Crippen LogP contribution is 2.20. The van der Waals surface area contributed by atoms with E-state index in [0.717, 1.165) is 33.3 Å². The molecule has 23 heavy (non-hydrogen) atoms. The fraction of sp³-hybridized carbons (Fsp3) is 0.150. The summed E-state index contributed by atoms with van der Waals surface area (Å²) in [4.78, 5) is 12.1. The molecule has 3 rings (SSSR count). The van der Waals surface area contributed by atoms with Gasteiger partial charge in [-0.3, -0.25) is 4.79 Å². The lowest BCUT2D eigenvalue weighted by molar-refractivity contribution is -0.118. The third-order valence-electron chi connectivity index (χ3n) is 3.74. The molecule has 0 aliphatic rings. The first-order valence-electron chi connectivity index (χ1n) is 7.60. The van der Waals surface area contributed by atoms with E-state index in [1.165, 1.54) is 0 Å². The summed E-state index contributed by atoms with van der Waals surface area (Å²) in [6.45, 7) is 3.97. The third-order valence-corrected chi connectivity index (χ3v) is 3.74. The summed E-state index contributed by atoms with van der Waals surface area (Å²) >= 11 is 0. The lowest BCUT2D eigenvalue weighted by atomic mass is 10.1. The summed E-state index contributed by atoms with van der Waals surface area (Å²) in [5.74, 6) is 0.583. The first-order valence-corrected chi connectivity index (χ1v) is 7.60. The summed E-state index contributed by atoms with van der Waals surface area (Å²) < 4.78 is 5.63. The highest BCUT2D eigenvalue weighted by atomic mass is 16.5. The van der Waals surface area contributed by atoms with Gasteiger partial charge >= 0.3 is 0 Å². The van der Waals surface area contributed by atoms with E-state index < -0.39 is 0 Å². The van der Waals surface area contributed by atoms with E-state index in [-0.39, 0.29) is 12.5 Å². The maximum atomic E-state index is 12.1. The van der Waals surface area contributed by atoms with Crippen LogP contribution in [0.4, 0.5) is 5.69 Å². The molecule has 1 N–H and O–H groups in total. The number of carbonyl (C=O) groups excluding carboxylic acids is 1. The highest BCUT2D eigenvalue weighted by Gasteiger charge is 2.06. The number of hydrogen-bond donors (Lipinski definition) is 1. The molecule has 116 valence electrons. The van der Waals surface area contributed by atoms with Crippen molar-refractivity contribution in [3.8, 4) is 5.75 Å². The quantitative estimate of drug-likeness (QED) is 0.772. The smallest absolute Gasteiger partial charge is 0.262 e. The van der Waals surface area contributed by atoms with Crippen LogP contribution in [-0.2, 0) is 4.79 Å². The Bertz CT molecular complexity index is 855. The Morgan fingerprint density at radius 3 is 2.57 bits per heavy atom. The Morgan fingerprint density at radius 1 is 0.957 bits per heavy atom. The topological polar surface area (TPSA) is 38.3 Å². The summed E-state index contributed by atoms with van der Waals surface area (Å²) in [7, 11) is 0. The van der Waals surface area contributed by atoms with Crippen molar-refractivity contribution in [3.63, 3.8) is 0 Å². The molecular formula is C20H19NO2. The van der Waals surface area contributed by atoms with E-state index in [2.05, 4.69) is 5.32 Å². The van der Waals surface area contributed by atoms with Crippen molar-refractivity contribution in [3.05, 3.63) is 71.8 Å². The summed E-state index contributed by atoms with van der Waals surface area (Å²) in [5, 5.41) is 5.12. The molecule has 0 bridgehead atoms. The van der Waals surface area contributed by atoms with Crippen molar-refractivity contribution in [2.24, 2.45) is 0 Å². The van der Waals surface area contributed by atoms with Crippen LogP contribution in [0.3, 0.4) is 0 Å². The Morgan fingerprint density at radius 2 is 1.74 bits per heavy atom. The maximum absolute atomic E-state index is 12.1. The molecule has 0 fully saturated rings. The number of nitrogens with one attached hydrogen (secondary N) is 1. The van der Waals surface area contributed by atoms with Gasteiger partial charge in [-0.25, -0.2) is 0 Å². The third kappa shape index (κ3) is 3.69. The summed E-state index contributed by atoms with van der Waals surface area (Å²) in [6, 6.07) is 19.9. The fourth-order valence-electron chi connectivity index (χ4n) is 2.47. The lowest BCUT2D eigenvalue weighted by Crippen LogP contribution is -2.20. The lowest BCUT2D eigenvalue weighted by Gasteiger charge is -2.10. The molecule has 0 heterocycles. The van der Waals surface area contributed by atoms with Gasteiger partial charge in [-0.15, -0.1) is 0 Å². The Kier molecular flexibility index (Phi) is 4.29. The molecule has 1 amide bonds. The van der Waals surface area contributed by atoms with Crippen molar-refractivity contribution in [2.45, 2.75) is 13.8 Å². The van der Waals surface area contributed by atoms with E-state index >= 15 is 0 Å². The van der Waals surface area contributed by atoms with Crippen LogP contribution < -0.4 is 10.1 Å². The number of anilines is 1. The molecule has 3 nitrogen and oxygen atoms in total. The molecule has 0 spiro atoms. The molecule has 0 radical (unpaired) electrons. The largest absolute Gasteiger partial charge is 0.483 e. The molecule has 3 aromatic carbocycles. The number of ether oxygens (including phenoxy) is 1. The standard InChI is InChI=1S/C20H19NO2/c1-14-7-8-15(2)19(11-14)23-13-20(22)21-18-10-9-16-5-3-4-6-17(16)12-18/h3-12H,13H2,1-2H3,(H,21,22). The SMILES string of the molecule is Cc1ccc(C)c(OCC(=O)Nc2ccc3ccccc3c2)c1. The second-order valence-electron chi connectivity index (χ2n) is 5.67. The van der Waals surface area contributed by atoms with Crippen molar-refractivity contribution in [1.82, 2.24) is 0 Å². The first-order chi connectivity index (χ1) is 11.1. The second-order valence-corrected chi connectivity index (χ2v) is 5.67. The monoisotopic (exact) mass is 305 g/mol. The van der Waals surface area contributed by atoms with Crippen molar-refractivity contribution < 1.29 is 9.53 Å². The van der Waals surface area contributed by atoms with Gasteiger partial charge in [-0.1, -0.05) is 42.5 Å². The van der Waals surface area contributed by atoms with Gasteiger partial charge in [0.15, 0.2) is 6.61 Å². The van der Waals surface area contributed by atoms with E-state index in [1.807, 2.05) is 74.5 Å². The minimum absolute atomic E-state index is 0.00286. The van der Waals surface area contributed by atoms with Gasteiger partial charge in [0.25, 0.3) is 5.91 Å². The highest BCUT2D eigenvalue weighted by molar-refractivity contribution is 5.95. The Labute approximate surface area is 135 Å². The van der Waals surface area contributed by atoms with Gasteiger partial charge in [0.1, 0.15) is 5.75 Å². The minimum atomic E-state index is -0.166. The van der Waals surface area contributed by atoms with Crippen LogP contribution in [0.1, 0.15) is 11.1 Å². The number of aryl methyl sites for hydroxylation is 2. The van der Waals surface area contributed by atoms with Gasteiger partial charge in [0.2, 0.25) is 0 Å². The van der Waals surface area contributed by atoms with Gasteiger partial charge in [0, 0.05) is 5.69 Å². The second kappa shape index (κ2) is 6.53. The Hall–Kier alpha value is -2.81. The van der Waals surface area contributed by atoms with E-state index in [0.29, 0.717) is 0 Å². The first kappa shape index (κ1) is 15.1. The molecule has 0 saturated carbocycles. The van der Waals surface area contributed by atoms with Gasteiger partial charge < -0.3 is 10.1 Å². The maximum Gasteiger partial charge on any atom is 0.262 e. The molecule has 0 aliphatic carbocycles. The van der Waals surface area contributed by atoms with Crippen LogP contribution in [0.25, 0.3) is 10.8 Å². The average Bonchev–Trinajstić information content (AvgIpc) is 2.55. The number of amides is 1. The normalized spacial score (nSPS) is 10.5. The van der Waals surface area contributed by atoms with E-state index in [4.69, 9.17) is 4.74 Å². The van der Waals surface area contributed by atoms with Crippen LogP contribution in [-0.4, -0.2) is 12.5 Å².